The van der Waals surface area contributed by atoms with Gasteiger partial charge < -0.3 is 9.73 Å². The first-order valence-corrected chi connectivity index (χ1v) is 5.75. The average Bonchev–Trinajstić information content (AvgIpc) is 2.77. The number of nitrogens with one attached hydrogen (secondary N) is 1. The molecule has 5 nitrogen and oxygen atoms in total. The van der Waals surface area contributed by atoms with Crippen LogP contribution in [0.5, 0.6) is 0 Å². The number of pyridine rings is 1. The van der Waals surface area contributed by atoms with E-state index in [0.717, 1.165) is 5.69 Å². The van der Waals surface area contributed by atoms with Gasteiger partial charge in [-0.2, -0.15) is 0 Å². The molecule has 5 heteroatoms. The topological polar surface area (TPSA) is 68.0 Å². The van der Waals surface area contributed by atoms with Gasteiger partial charge in [-0.25, -0.2) is 4.98 Å². The highest BCUT2D eigenvalue weighted by Gasteiger charge is 2.19. The first kappa shape index (κ1) is 12.3. The minimum atomic E-state index is -0.290. The second-order valence-electron chi connectivity index (χ2n) is 4.36. The normalized spacial score (nSPS) is 10.7. The zero-order chi connectivity index (χ0) is 13.1. The number of hydrogen-bond donors (Lipinski definition) is 1. The third-order valence-electron chi connectivity index (χ3n) is 2.50. The van der Waals surface area contributed by atoms with Crippen molar-refractivity contribution < 1.29 is 9.21 Å². The monoisotopic (exact) mass is 245 g/mol. The van der Waals surface area contributed by atoms with Crippen molar-refractivity contribution >= 4 is 11.6 Å². The number of nitrogens with zero attached hydrogens (tertiary/aromatic N) is 2. The largest absolute Gasteiger partial charge is 0.438 e. The van der Waals surface area contributed by atoms with Crippen LogP contribution in [-0.4, -0.2) is 15.9 Å². The van der Waals surface area contributed by atoms with Gasteiger partial charge in [-0.1, -0.05) is 13.8 Å². The molecule has 0 fully saturated rings. The molecular weight excluding hydrogens is 230 g/mol. The predicted molar refractivity (Wildman–Crippen MR) is 67.5 cm³/mol. The first-order chi connectivity index (χ1) is 8.58. The Balaban J connectivity index is 2.20. The zero-order valence-electron chi connectivity index (χ0n) is 10.6. The van der Waals surface area contributed by atoms with Crippen molar-refractivity contribution in [2.24, 2.45) is 0 Å². The van der Waals surface area contributed by atoms with Crippen molar-refractivity contribution in [1.29, 1.82) is 0 Å². The van der Waals surface area contributed by atoms with E-state index in [1.165, 1.54) is 6.39 Å². The Hall–Kier alpha value is -2.17. The summed E-state index contributed by atoms with van der Waals surface area (Å²) in [6.07, 6.45) is 2.94. The van der Waals surface area contributed by atoms with E-state index in [2.05, 4.69) is 15.3 Å². The SMILES string of the molecule is Cc1cc(NC(=O)c2ocnc2C(C)C)ccn1. The minimum absolute atomic E-state index is 0.142. The van der Waals surface area contributed by atoms with Crippen molar-refractivity contribution in [3.8, 4) is 0 Å². The number of rotatable bonds is 3. The summed E-state index contributed by atoms with van der Waals surface area (Å²) in [7, 11) is 0. The molecule has 0 aliphatic carbocycles. The third-order valence-corrected chi connectivity index (χ3v) is 2.50. The lowest BCUT2D eigenvalue weighted by atomic mass is 10.1. The van der Waals surface area contributed by atoms with Crippen LogP contribution < -0.4 is 5.32 Å². The van der Waals surface area contributed by atoms with Gasteiger partial charge in [0, 0.05) is 17.6 Å². The Bertz CT molecular complexity index is 561. The van der Waals surface area contributed by atoms with E-state index in [4.69, 9.17) is 4.42 Å². The maximum atomic E-state index is 12.0. The van der Waals surface area contributed by atoms with E-state index in [-0.39, 0.29) is 17.6 Å². The Labute approximate surface area is 105 Å². The van der Waals surface area contributed by atoms with Gasteiger partial charge in [0.1, 0.15) is 0 Å². The molecule has 94 valence electrons. The van der Waals surface area contributed by atoms with Crippen molar-refractivity contribution in [2.45, 2.75) is 26.7 Å². The number of amides is 1. The quantitative estimate of drug-likeness (QED) is 0.902. The van der Waals surface area contributed by atoms with Crippen LogP contribution in [0.15, 0.2) is 29.1 Å². The lowest BCUT2D eigenvalue weighted by Crippen LogP contribution is -2.14. The lowest BCUT2D eigenvalue weighted by Gasteiger charge is -2.06. The number of aromatic nitrogens is 2. The molecule has 0 radical (unpaired) electrons. The fourth-order valence-electron chi connectivity index (χ4n) is 1.65. The number of carbonyl (C=O) groups excluding carboxylic acids is 1. The molecule has 0 unspecified atom stereocenters. The van der Waals surface area contributed by atoms with Crippen LogP contribution in [0.3, 0.4) is 0 Å². The first-order valence-electron chi connectivity index (χ1n) is 5.75. The van der Waals surface area contributed by atoms with Crippen LogP contribution in [0.25, 0.3) is 0 Å². The molecule has 0 spiro atoms. The highest BCUT2D eigenvalue weighted by Crippen LogP contribution is 2.19. The molecule has 2 rings (SSSR count). The minimum Gasteiger partial charge on any atom is -0.438 e. The molecule has 0 aromatic carbocycles. The van der Waals surface area contributed by atoms with E-state index in [1.807, 2.05) is 20.8 Å². The van der Waals surface area contributed by atoms with Gasteiger partial charge >= 0.3 is 0 Å². The highest BCUT2D eigenvalue weighted by molar-refractivity contribution is 6.03. The van der Waals surface area contributed by atoms with Gasteiger partial charge in [0.2, 0.25) is 5.76 Å². The Kier molecular flexibility index (Phi) is 3.41. The molecule has 2 aromatic rings. The Morgan fingerprint density at radius 1 is 1.39 bits per heavy atom. The maximum Gasteiger partial charge on any atom is 0.293 e. The van der Waals surface area contributed by atoms with Crippen LogP contribution in [0.1, 0.15) is 41.7 Å². The van der Waals surface area contributed by atoms with Gasteiger partial charge in [-0.05, 0) is 25.0 Å². The molecule has 2 aromatic heterocycles. The molecule has 0 atom stereocenters. The van der Waals surface area contributed by atoms with E-state index in [1.54, 1.807) is 18.3 Å². The second kappa shape index (κ2) is 5.00. The summed E-state index contributed by atoms with van der Waals surface area (Å²) < 4.78 is 5.15. The van der Waals surface area contributed by atoms with Crippen molar-refractivity contribution in [3.63, 3.8) is 0 Å². The van der Waals surface area contributed by atoms with Crippen LogP contribution in [-0.2, 0) is 0 Å². The van der Waals surface area contributed by atoms with E-state index in [0.29, 0.717) is 11.4 Å². The van der Waals surface area contributed by atoms with Crippen LogP contribution in [0.4, 0.5) is 5.69 Å². The second-order valence-corrected chi connectivity index (χ2v) is 4.36. The number of oxazole rings is 1. The van der Waals surface area contributed by atoms with Crippen molar-refractivity contribution in [2.75, 3.05) is 5.32 Å². The molecule has 1 amide bonds. The molecule has 0 saturated carbocycles. The average molecular weight is 245 g/mol. The third kappa shape index (κ3) is 2.56. The summed E-state index contributed by atoms with van der Waals surface area (Å²) >= 11 is 0. The molecular formula is C13H15N3O2. The number of anilines is 1. The molecule has 1 N–H and O–H groups in total. The van der Waals surface area contributed by atoms with Gasteiger partial charge in [0.05, 0.1) is 5.69 Å². The van der Waals surface area contributed by atoms with E-state index in [9.17, 15) is 4.79 Å². The van der Waals surface area contributed by atoms with Crippen LogP contribution in [0, 0.1) is 6.92 Å². The number of carbonyl (C=O) groups is 1. The molecule has 2 heterocycles. The summed E-state index contributed by atoms with van der Waals surface area (Å²) in [6, 6.07) is 3.53. The summed E-state index contributed by atoms with van der Waals surface area (Å²) in [5.41, 5.74) is 2.20. The molecule has 0 aliphatic rings. The highest BCUT2D eigenvalue weighted by atomic mass is 16.3. The fourth-order valence-corrected chi connectivity index (χ4v) is 1.65. The summed E-state index contributed by atoms with van der Waals surface area (Å²) in [6.45, 7) is 5.79. The van der Waals surface area contributed by atoms with E-state index < -0.39 is 0 Å². The van der Waals surface area contributed by atoms with E-state index >= 15 is 0 Å². The van der Waals surface area contributed by atoms with Crippen molar-refractivity contribution in [3.05, 3.63) is 41.9 Å². The molecule has 0 saturated heterocycles. The number of hydrogen-bond acceptors (Lipinski definition) is 4. The number of aryl methyl sites for hydroxylation is 1. The van der Waals surface area contributed by atoms with Crippen molar-refractivity contribution in [1.82, 2.24) is 9.97 Å². The maximum absolute atomic E-state index is 12.0. The van der Waals surface area contributed by atoms with Gasteiger partial charge in [0.25, 0.3) is 5.91 Å². The Morgan fingerprint density at radius 3 is 2.83 bits per heavy atom. The predicted octanol–water partition coefficient (Wildman–Crippen LogP) is 2.75. The summed E-state index contributed by atoms with van der Waals surface area (Å²) in [5, 5.41) is 2.77. The molecule has 18 heavy (non-hydrogen) atoms. The zero-order valence-corrected chi connectivity index (χ0v) is 10.6. The van der Waals surface area contributed by atoms with Gasteiger partial charge in [-0.15, -0.1) is 0 Å². The van der Waals surface area contributed by atoms with Crippen LogP contribution in [0.2, 0.25) is 0 Å². The standard InChI is InChI=1S/C13H15N3O2/c1-8(2)11-12(18-7-15-11)13(17)16-10-4-5-14-9(3)6-10/h4-8H,1-3H3,(H,14,16,17). The fraction of sp³-hybridized carbons (Fsp3) is 0.308. The lowest BCUT2D eigenvalue weighted by molar-refractivity contribution is 0.0995. The molecule has 0 aliphatic heterocycles. The smallest absolute Gasteiger partial charge is 0.293 e. The van der Waals surface area contributed by atoms with Crippen LogP contribution >= 0.6 is 0 Å². The Morgan fingerprint density at radius 2 is 2.17 bits per heavy atom. The van der Waals surface area contributed by atoms with Gasteiger partial charge in [-0.3, -0.25) is 9.78 Å². The van der Waals surface area contributed by atoms with Gasteiger partial charge in [0.15, 0.2) is 6.39 Å². The summed E-state index contributed by atoms with van der Waals surface area (Å²) in [4.78, 5) is 20.2. The molecule has 0 bridgehead atoms. The summed E-state index contributed by atoms with van der Waals surface area (Å²) in [5.74, 6) is 0.116.